The lowest BCUT2D eigenvalue weighted by atomic mass is 9.91. The Hall–Kier alpha value is -0.410. The molecule has 1 fully saturated rings. The molecule has 0 spiro atoms. The van der Waals surface area contributed by atoms with Crippen LogP contribution in [0, 0.1) is 11.7 Å². The minimum atomic E-state index is -0.782. The summed E-state index contributed by atoms with van der Waals surface area (Å²) in [5.74, 6) is 0.402. The lowest BCUT2D eigenvalue weighted by molar-refractivity contribution is 0.0447. The van der Waals surface area contributed by atoms with Crippen molar-refractivity contribution in [3.63, 3.8) is 0 Å². The Kier molecular flexibility index (Phi) is 3.36. The maximum Gasteiger partial charge on any atom is 0.127 e. The highest BCUT2D eigenvalue weighted by Gasteiger charge is 2.32. The van der Waals surface area contributed by atoms with Crippen molar-refractivity contribution in [3.05, 3.63) is 34.1 Å². The molecular formula is C13H16BrFO. The fourth-order valence-corrected chi connectivity index (χ4v) is 2.42. The van der Waals surface area contributed by atoms with E-state index in [0.29, 0.717) is 17.9 Å². The van der Waals surface area contributed by atoms with Crippen LogP contribution in [-0.2, 0) is 6.42 Å². The van der Waals surface area contributed by atoms with Crippen molar-refractivity contribution in [1.29, 1.82) is 0 Å². The van der Waals surface area contributed by atoms with Crippen molar-refractivity contribution in [2.75, 3.05) is 0 Å². The first kappa shape index (κ1) is 12.1. The average molecular weight is 287 g/mol. The minimum Gasteiger partial charge on any atom is -0.390 e. The van der Waals surface area contributed by atoms with E-state index in [9.17, 15) is 9.50 Å². The highest BCUT2D eigenvalue weighted by molar-refractivity contribution is 9.10. The largest absolute Gasteiger partial charge is 0.390 e. The average Bonchev–Trinajstić information content (AvgIpc) is 2.93. The summed E-state index contributed by atoms with van der Waals surface area (Å²) in [4.78, 5) is 0. The summed E-state index contributed by atoms with van der Waals surface area (Å²) in [6.07, 6.45) is 3.59. The third kappa shape index (κ3) is 3.29. The predicted molar refractivity (Wildman–Crippen MR) is 65.8 cm³/mol. The molecule has 1 aliphatic carbocycles. The molecule has 1 aromatic rings. The number of halogens is 2. The summed E-state index contributed by atoms with van der Waals surface area (Å²) in [6.45, 7) is 1.80. The third-order valence-electron chi connectivity index (χ3n) is 3.01. The molecule has 1 atom stereocenters. The monoisotopic (exact) mass is 286 g/mol. The van der Waals surface area contributed by atoms with Crippen LogP contribution < -0.4 is 0 Å². The van der Waals surface area contributed by atoms with Crippen LogP contribution in [0.5, 0.6) is 0 Å². The minimum absolute atomic E-state index is 0.245. The zero-order chi connectivity index (χ0) is 11.8. The van der Waals surface area contributed by atoms with Gasteiger partial charge in [0.05, 0.1) is 5.60 Å². The molecular weight excluding hydrogens is 271 g/mol. The normalized spacial score (nSPS) is 19.5. The molecule has 0 radical (unpaired) electrons. The van der Waals surface area contributed by atoms with Crippen LogP contribution in [0.1, 0.15) is 31.7 Å². The van der Waals surface area contributed by atoms with E-state index in [1.807, 2.05) is 6.07 Å². The van der Waals surface area contributed by atoms with Gasteiger partial charge in [-0.3, -0.25) is 0 Å². The van der Waals surface area contributed by atoms with E-state index in [2.05, 4.69) is 15.9 Å². The summed E-state index contributed by atoms with van der Waals surface area (Å²) in [7, 11) is 0. The van der Waals surface area contributed by atoms with Gasteiger partial charge in [0, 0.05) is 10.9 Å². The van der Waals surface area contributed by atoms with Gasteiger partial charge in [-0.15, -0.1) is 0 Å². The SMILES string of the molecule is CC(O)(Cc1ccc(Br)cc1F)CC1CC1. The molecule has 3 heteroatoms. The predicted octanol–water partition coefficient (Wildman–Crippen LogP) is 3.68. The van der Waals surface area contributed by atoms with Gasteiger partial charge in [0.2, 0.25) is 0 Å². The van der Waals surface area contributed by atoms with Crippen molar-refractivity contribution in [3.8, 4) is 0 Å². The fraction of sp³-hybridized carbons (Fsp3) is 0.538. The van der Waals surface area contributed by atoms with E-state index in [4.69, 9.17) is 0 Å². The van der Waals surface area contributed by atoms with Crippen LogP contribution in [0.3, 0.4) is 0 Å². The quantitative estimate of drug-likeness (QED) is 0.895. The second kappa shape index (κ2) is 4.46. The van der Waals surface area contributed by atoms with E-state index in [-0.39, 0.29) is 5.82 Å². The Balaban J connectivity index is 2.06. The smallest absolute Gasteiger partial charge is 0.127 e. The maximum atomic E-state index is 13.6. The first-order valence-corrected chi connectivity index (χ1v) is 6.42. The summed E-state index contributed by atoms with van der Waals surface area (Å²) in [6, 6.07) is 4.99. The maximum absolute atomic E-state index is 13.6. The van der Waals surface area contributed by atoms with E-state index >= 15 is 0 Å². The molecule has 0 aromatic heterocycles. The van der Waals surface area contributed by atoms with Gasteiger partial charge >= 0.3 is 0 Å². The van der Waals surface area contributed by atoms with Gasteiger partial charge in [-0.1, -0.05) is 34.8 Å². The molecule has 0 bridgehead atoms. The number of hydrogen-bond acceptors (Lipinski definition) is 1. The Labute approximate surface area is 104 Å². The first-order chi connectivity index (χ1) is 7.46. The van der Waals surface area contributed by atoms with Crippen LogP contribution in [0.25, 0.3) is 0 Å². The second-order valence-corrected chi connectivity index (χ2v) is 5.97. The Morgan fingerprint density at radius 3 is 2.75 bits per heavy atom. The summed E-state index contributed by atoms with van der Waals surface area (Å²) >= 11 is 3.22. The van der Waals surface area contributed by atoms with E-state index in [1.165, 1.54) is 18.9 Å². The van der Waals surface area contributed by atoms with Crippen LogP contribution in [0.4, 0.5) is 4.39 Å². The number of rotatable bonds is 4. The Morgan fingerprint density at radius 2 is 2.19 bits per heavy atom. The molecule has 1 aromatic carbocycles. The van der Waals surface area contributed by atoms with Gasteiger partial charge in [0.25, 0.3) is 0 Å². The molecule has 2 rings (SSSR count). The van der Waals surface area contributed by atoms with Crippen molar-refractivity contribution < 1.29 is 9.50 Å². The fourth-order valence-electron chi connectivity index (χ4n) is 2.09. The van der Waals surface area contributed by atoms with E-state index < -0.39 is 5.60 Å². The lowest BCUT2D eigenvalue weighted by Crippen LogP contribution is -2.28. The van der Waals surface area contributed by atoms with Gasteiger partial charge < -0.3 is 5.11 Å². The molecule has 1 unspecified atom stereocenters. The summed E-state index contributed by atoms with van der Waals surface area (Å²) < 4.78 is 14.3. The standard InChI is InChI=1S/C13H16BrFO/c1-13(16,7-9-2-3-9)8-10-4-5-11(14)6-12(10)15/h4-6,9,16H,2-3,7-8H2,1H3. The summed E-state index contributed by atoms with van der Waals surface area (Å²) in [5.41, 5.74) is -0.190. The lowest BCUT2D eigenvalue weighted by Gasteiger charge is -2.23. The molecule has 1 aliphatic rings. The van der Waals surface area contributed by atoms with Gasteiger partial charge in [-0.2, -0.15) is 0 Å². The van der Waals surface area contributed by atoms with Crippen LogP contribution in [0.2, 0.25) is 0 Å². The third-order valence-corrected chi connectivity index (χ3v) is 3.50. The molecule has 1 N–H and O–H groups in total. The second-order valence-electron chi connectivity index (χ2n) is 5.06. The van der Waals surface area contributed by atoms with Crippen LogP contribution in [-0.4, -0.2) is 10.7 Å². The molecule has 1 saturated carbocycles. The van der Waals surface area contributed by atoms with E-state index in [1.54, 1.807) is 13.0 Å². The zero-order valence-corrected chi connectivity index (χ0v) is 10.9. The summed E-state index contributed by atoms with van der Waals surface area (Å²) in [5, 5.41) is 10.2. The van der Waals surface area contributed by atoms with Gasteiger partial charge in [0.15, 0.2) is 0 Å². The molecule has 1 nitrogen and oxygen atoms in total. The molecule has 0 amide bonds. The Morgan fingerprint density at radius 1 is 1.50 bits per heavy atom. The highest BCUT2D eigenvalue weighted by atomic mass is 79.9. The molecule has 0 heterocycles. The molecule has 88 valence electrons. The van der Waals surface area contributed by atoms with Crippen molar-refractivity contribution in [2.24, 2.45) is 5.92 Å². The Bertz CT molecular complexity index is 386. The topological polar surface area (TPSA) is 20.2 Å². The van der Waals surface area contributed by atoms with Crippen LogP contribution in [0.15, 0.2) is 22.7 Å². The number of benzene rings is 1. The van der Waals surface area contributed by atoms with Crippen LogP contribution >= 0.6 is 15.9 Å². The van der Waals surface area contributed by atoms with Crippen molar-refractivity contribution >= 4 is 15.9 Å². The van der Waals surface area contributed by atoms with Gasteiger partial charge in [-0.25, -0.2) is 4.39 Å². The first-order valence-electron chi connectivity index (χ1n) is 5.63. The van der Waals surface area contributed by atoms with Gasteiger partial charge in [-0.05, 0) is 37.0 Å². The van der Waals surface area contributed by atoms with Gasteiger partial charge in [0.1, 0.15) is 5.82 Å². The van der Waals surface area contributed by atoms with Crippen molar-refractivity contribution in [2.45, 2.75) is 38.2 Å². The molecule has 0 aliphatic heterocycles. The number of hydrogen-bond donors (Lipinski definition) is 1. The molecule has 0 saturated heterocycles. The molecule has 16 heavy (non-hydrogen) atoms. The highest BCUT2D eigenvalue weighted by Crippen LogP contribution is 2.38. The van der Waals surface area contributed by atoms with E-state index in [0.717, 1.165) is 10.9 Å². The van der Waals surface area contributed by atoms with Crippen molar-refractivity contribution in [1.82, 2.24) is 0 Å². The number of aliphatic hydroxyl groups is 1. The zero-order valence-electron chi connectivity index (χ0n) is 9.34.